The summed E-state index contributed by atoms with van der Waals surface area (Å²) in [5.74, 6) is -0.964. The van der Waals surface area contributed by atoms with E-state index in [9.17, 15) is 31.1 Å². The Morgan fingerprint density at radius 1 is 0.833 bits per heavy atom. The van der Waals surface area contributed by atoms with Crippen molar-refractivity contribution < 1.29 is 40.6 Å². The molecule has 11 heteroatoms. The van der Waals surface area contributed by atoms with Gasteiger partial charge >= 0.3 is 18.8 Å². The Morgan fingerprint density at radius 2 is 1.20 bits per heavy atom. The summed E-state index contributed by atoms with van der Waals surface area (Å²) in [6.07, 6.45) is -9.78. The standard InChI is InChI=1S/C19H18F6N2O3/c1-11(13-5-3-7-15(9-13)29-18(20,21)22)27(17(26)28)12(2)14-6-4-8-16(10-14)30-19(23,24)25/h3-12H,1-2H3,(H2,26,28). The van der Waals surface area contributed by atoms with Gasteiger partial charge in [0.05, 0.1) is 12.1 Å². The first kappa shape index (κ1) is 23.2. The van der Waals surface area contributed by atoms with Gasteiger partial charge in [-0.15, -0.1) is 26.3 Å². The Bertz CT molecular complexity index is 820. The third-order valence-corrected chi connectivity index (χ3v) is 4.24. The summed E-state index contributed by atoms with van der Waals surface area (Å²) < 4.78 is 82.6. The number of hydrogen-bond donors (Lipinski definition) is 1. The Balaban J connectivity index is 2.32. The van der Waals surface area contributed by atoms with E-state index in [-0.39, 0.29) is 11.1 Å². The molecule has 0 spiro atoms. The van der Waals surface area contributed by atoms with Crippen LogP contribution in [0.1, 0.15) is 37.1 Å². The molecule has 0 bridgehead atoms. The molecule has 0 aliphatic rings. The summed E-state index contributed by atoms with van der Waals surface area (Å²) in [6, 6.07) is 7.41. The molecule has 164 valence electrons. The number of ether oxygens (including phenoxy) is 2. The van der Waals surface area contributed by atoms with Crippen LogP contribution in [0.15, 0.2) is 48.5 Å². The monoisotopic (exact) mass is 436 g/mol. The predicted octanol–water partition coefficient (Wildman–Crippen LogP) is 5.69. The smallest absolute Gasteiger partial charge is 0.406 e. The molecular weight excluding hydrogens is 418 g/mol. The predicted molar refractivity (Wildman–Crippen MR) is 94.5 cm³/mol. The number of carbonyl (C=O) groups is 1. The number of nitrogens with zero attached hydrogens (tertiary/aromatic N) is 1. The highest BCUT2D eigenvalue weighted by molar-refractivity contribution is 5.73. The largest absolute Gasteiger partial charge is 0.573 e. The number of amides is 2. The molecule has 2 aromatic rings. The van der Waals surface area contributed by atoms with Crippen LogP contribution in [0.4, 0.5) is 31.1 Å². The van der Waals surface area contributed by atoms with E-state index >= 15 is 0 Å². The van der Waals surface area contributed by atoms with E-state index in [2.05, 4.69) is 9.47 Å². The van der Waals surface area contributed by atoms with Crippen LogP contribution >= 0.6 is 0 Å². The molecule has 0 saturated carbocycles. The van der Waals surface area contributed by atoms with Crippen molar-refractivity contribution in [3.63, 3.8) is 0 Å². The number of rotatable bonds is 6. The highest BCUT2D eigenvalue weighted by Gasteiger charge is 2.33. The van der Waals surface area contributed by atoms with Gasteiger partial charge in [0.2, 0.25) is 0 Å². The molecule has 2 rings (SSSR count). The van der Waals surface area contributed by atoms with Crippen molar-refractivity contribution in [2.75, 3.05) is 0 Å². The maximum absolute atomic E-state index is 12.5. The van der Waals surface area contributed by atoms with Crippen molar-refractivity contribution >= 4 is 6.03 Å². The normalized spacial score (nSPS) is 14.0. The van der Waals surface area contributed by atoms with E-state index in [4.69, 9.17) is 5.73 Å². The maximum Gasteiger partial charge on any atom is 0.573 e. The van der Waals surface area contributed by atoms with E-state index < -0.39 is 42.3 Å². The second kappa shape index (κ2) is 8.72. The van der Waals surface area contributed by atoms with E-state index in [1.807, 2.05) is 0 Å². The van der Waals surface area contributed by atoms with Crippen LogP contribution in [0, 0.1) is 0 Å². The first-order valence-corrected chi connectivity index (χ1v) is 8.56. The summed E-state index contributed by atoms with van der Waals surface area (Å²) in [5, 5.41) is 0. The van der Waals surface area contributed by atoms with Gasteiger partial charge in [0, 0.05) is 0 Å². The van der Waals surface area contributed by atoms with Gasteiger partial charge in [0.1, 0.15) is 11.5 Å². The molecule has 2 aromatic carbocycles. The molecule has 0 aliphatic heterocycles. The second-order valence-electron chi connectivity index (χ2n) is 6.34. The fourth-order valence-corrected chi connectivity index (χ4v) is 2.98. The van der Waals surface area contributed by atoms with Crippen molar-refractivity contribution in [1.82, 2.24) is 4.90 Å². The number of urea groups is 1. The van der Waals surface area contributed by atoms with E-state index in [1.165, 1.54) is 38.1 Å². The van der Waals surface area contributed by atoms with Crippen LogP contribution in [0.2, 0.25) is 0 Å². The molecule has 30 heavy (non-hydrogen) atoms. The van der Waals surface area contributed by atoms with Crippen LogP contribution in [-0.2, 0) is 0 Å². The number of benzene rings is 2. The average molecular weight is 436 g/mol. The fourth-order valence-electron chi connectivity index (χ4n) is 2.98. The first-order valence-electron chi connectivity index (χ1n) is 8.56. The lowest BCUT2D eigenvalue weighted by Gasteiger charge is -2.34. The topological polar surface area (TPSA) is 64.8 Å². The molecule has 0 fully saturated rings. The lowest BCUT2D eigenvalue weighted by Crippen LogP contribution is -2.39. The zero-order valence-corrected chi connectivity index (χ0v) is 15.8. The third-order valence-electron chi connectivity index (χ3n) is 4.24. The second-order valence-corrected chi connectivity index (χ2v) is 6.34. The summed E-state index contributed by atoms with van der Waals surface area (Å²) in [5.41, 5.74) is 6.02. The highest BCUT2D eigenvalue weighted by Crippen LogP contribution is 2.34. The fraction of sp³-hybridized carbons (Fsp3) is 0.316. The number of nitrogens with two attached hydrogens (primary N) is 1. The van der Waals surface area contributed by atoms with Gasteiger partial charge in [0.15, 0.2) is 0 Å². The van der Waals surface area contributed by atoms with Gasteiger partial charge in [-0.2, -0.15) is 0 Å². The highest BCUT2D eigenvalue weighted by atomic mass is 19.4. The Hall–Kier alpha value is -3.11. The van der Waals surface area contributed by atoms with Crippen LogP contribution in [0.5, 0.6) is 11.5 Å². The van der Waals surface area contributed by atoms with Crippen molar-refractivity contribution in [2.45, 2.75) is 38.7 Å². The van der Waals surface area contributed by atoms with Gasteiger partial charge in [-0.3, -0.25) is 0 Å². The van der Waals surface area contributed by atoms with Gasteiger partial charge < -0.3 is 20.1 Å². The number of alkyl halides is 6. The first-order chi connectivity index (χ1) is 13.8. The lowest BCUT2D eigenvalue weighted by molar-refractivity contribution is -0.275. The third kappa shape index (κ3) is 6.46. The molecule has 2 atom stereocenters. The Kier molecular flexibility index (Phi) is 6.73. The number of primary amides is 1. The molecule has 0 aliphatic carbocycles. The maximum atomic E-state index is 12.5. The lowest BCUT2D eigenvalue weighted by atomic mass is 10.0. The van der Waals surface area contributed by atoms with Crippen molar-refractivity contribution in [2.24, 2.45) is 5.73 Å². The molecular formula is C19H18F6N2O3. The quantitative estimate of drug-likeness (QED) is 0.592. The van der Waals surface area contributed by atoms with E-state index in [0.29, 0.717) is 0 Å². The summed E-state index contributed by atoms with van der Waals surface area (Å²) >= 11 is 0. The van der Waals surface area contributed by atoms with Gasteiger partial charge in [-0.05, 0) is 49.2 Å². The van der Waals surface area contributed by atoms with Crippen LogP contribution in [0.3, 0.4) is 0 Å². The SMILES string of the molecule is CC(c1cccc(OC(F)(F)F)c1)N(C(N)=O)C(C)c1cccc(OC(F)(F)F)c1. The minimum absolute atomic E-state index is 0.282. The summed E-state index contributed by atoms with van der Waals surface area (Å²) in [4.78, 5) is 13.2. The molecule has 0 radical (unpaired) electrons. The molecule has 0 heterocycles. The van der Waals surface area contributed by atoms with E-state index in [0.717, 1.165) is 29.2 Å². The minimum Gasteiger partial charge on any atom is -0.406 e. The van der Waals surface area contributed by atoms with Gasteiger partial charge in [0.25, 0.3) is 0 Å². The molecule has 0 saturated heterocycles. The zero-order chi connectivity index (χ0) is 22.7. The van der Waals surface area contributed by atoms with Crippen molar-refractivity contribution in [1.29, 1.82) is 0 Å². The number of carbonyl (C=O) groups excluding carboxylic acids is 1. The summed E-state index contributed by atoms with van der Waals surface area (Å²) in [7, 11) is 0. The van der Waals surface area contributed by atoms with Gasteiger partial charge in [-0.25, -0.2) is 4.79 Å². The van der Waals surface area contributed by atoms with E-state index in [1.54, 1.807) is 0 Å². The summed E-state index contributed by atoms with van der Waals surface area (Å²) in [6.45, 7) is 3.04. The van der Waals surface area contributed by atoms with Crippen LogP contribution in [-0.4, -0.2) is 23.7 Å². The molecule has 0 aromatic heterocycles. The molecule has 5 nitrogen and oxygen atoms in total. The minimum atomic E-state index is -4.89. The van der Waals surface area contributed by atoms with Gasteiger partial charge in [-0.1, -0.05) is 24.3 Å². The Morgan fingerprint density at radius 3 is 1.50 bits per heavy atom. The van der Waals surface area contributed by atoms with Crippen molar-refractivity contribution in [3.05, 3.63) is 59.7 Å². The van der Waals surface area contributed by atoms with Crippen molar-refractivity contribution in [3.8, 4) is 11.5 Å². The zero-order valence-electron chi connectivity index (χ0n) is 15.8. The number of hydrogen-bond acceptors (Lipinski definition) is 3. The average Bonchev–Trinajstić information content (AvgIpc) is 2.59. The van der Waals surface area contributed by atoms with Crippen LogP contribution < -0.4 is 15.2 Å². The number of halogens is 6. The molecule has 2 unspecified atom stereocenters. The molecule has 2 N–H and O–H groups in total. The van der Waals surface area contributed by atoms with Crippen LogP contribution in [0.25, 0.3) is 0 Å². The molecule has 2 amide bonds. The Labute approximate surface area is 168 Å².